The first kappa shape index (κ1) is 13.2. The van der Waals surface area contributed by atoms with Crippen molar-refractivity contribution in [3.05, 3.63) is 41.5 Å². The van der Waals surface area contributed by atoms with Crippen LogP contribution in [0.3, 0.4) is 0 Å². The van der Waals surface area contributed by atoms with Gasteiger partial charge in [-0.2, -0.15) is 4.98 Å². The molecule has 1 aromatic carbocycles. The van der Waals surface area contributed by atoms with Crippen molar-refractivity contribution in [3.63, 3.8) is 0 Å². The van der Waals surface area contributed by atoms with Gasteiger partial charge in [0.15, 0.2) is 5.82 Å². The number of benzene rings is 1. The molecule has 0 radical (unpaired) electrons. The topological polar surface area (TPSA) is 86.2 Å². The molecule has 2 rings (SSSR count). The Balaban J connectivity index is 2.36. The van der Waals surface area contributed by atoms with Crippen LogP contribution in [0.2, 0.25) is 0 Å². The summed E-state index contributed by atoms with van der Waals surface area (Å²) < 4.78 is 5.10. The average Bonchev–Trinajstić information content (AvgIpc) is 2.43. The molecule has 100 valence electrons. The smallest absolute Gasteiger partial charge is 0.215 e. The van der Waals surface area contributed by atoms with Crippen LogP contribution in [-0.2, 0) is 6.54 Å². The van der Waals surface area contributed by atoms with Gasteiger partial charge in [0.2, 0.25) is 5.88 Å². The minimum atomic E-state index is 0.502. The zero-order valence-electron chi connectivity index (χ0n) is 11.1. The average molecular weight is 258 g/mol. The van der Waals surface area contributed by atoms with Crippen molar-refractivity contribution in [2.45, 2.75) is 13.5 Å². The minimum Gasteiger partial charge on any atom is -0.481 e. The third-order valence-corrected chi connectivity index (χ3v) is 3.03. The molecule has 0 saturated carbocycles. The lowest BCUT2D eigenvalue weighted by molar-refractivity contribution is 0.398. The van der Waals surface area contributed by atoms with Crippen LogP contribution in [0.4, 0.5) is 17.2 Å². The van der Waals surface area contributed by atoms with E-state index in [1.54, 1.807) is 19.2 Å². The van der Waals surface area contributed by atoms with Crippen molar-refractivity contribution in [3.8, 4) is 5.88 Å². The van der Waals surface area contributed by atoms with E-state index in [9.17, 15) is 0 Å². The van der Waals surface area contributed by atoms with E-state index in [1.807, 2.05) is 25.1 Å². The normalized spacial score (nSPS) is 10.3. The molecule has 0 saturated heterocycles. The number of ether oxygens (including phenoxy) is 1. The van der Waals surface area contributed by atoms with Gasteiger partial charge in [-0.25, -0.2) is 0 Å². The molecule has 2 aromatic rings. The number of methoxy groups -OCH3 is 1. The van der Waals surface area contributed by atoms with E-state index in [0.717, 1.165) is 16.8 Å². The number of nitrogens with zero attached hydrogens (tertiary/aromatic N) is 1. The van der Waals surface area contributed by atoms with Gasteiger partial charge in [0.05, 0.1) is 12.8 Å². The van der Waals surface area contributed by atoms with Crippen LogP contribution in [0.5, 0.6) is 5.88 Å². The lowest BCUT2D eigenvalue weighted by atomic mass is 10.1. The predicted octanol–water partition coefficient (Wildman–Crippen LogP) is 2.18. The maximum Gasteiger partial charge on any atom is 0.215 e. The van der Waals surface area contributed by atoms with E-state index in [2.05, 4.69) is 10.3 Å². The molecule has 1 aromatic heterocycles. The highest BCUT2D eigenvalue weighted by molar-refractivity contribution is 5.71. The molecular weight excluding hydrogens is 240 g/mol. The van der Waals surface area contributed by atoms with E-state index in [0.29, 0.717) is 23.9 Å². The van der Waals surface area contributed by atoms with Crippen molar-refractivity contribution in [2.75, 3.05) is 18.2 Å². The number of hydrogen-bond acceptors (Lipinski definition) is 5. The SMILES string of the molecule is COc1ccc(N)c(Nc2cccc(CN)c2C)n1. The van der Waals surface area contributed by atoms with Crippen LogP contribution in [0.25, 0.3) is 0 Å². The number of hydrogen-bond donors (Lipinski definition) is 3. The van der Waals surface area contributed by atoms with Gasteiger partial charge in [-0.05, 0) is 30.2 Å². The second kappa shape index (κ2) is 5.58. The molecule has 0 aliphatic rings. The molecular formula is C14H18N4O. The Morgan fingerprint density at radius 3 is 2.74 bits per heavy atom. The molecule has 1 heterocycles. The summed E-state index contributed by atoms with van der Waals surface area (Å²) in [6, 6.07) is 9.41. The molecule has 0 aliphatic heterocycles. The van der Waals surface area contributed by atoms with Crippen LogP contribution in [0, 0.1) is 6.92 Å². The number of pyridine rings is 1. The summed E-state index contributed by atoms with van der Waals surface area (Å²) in [4.78, 5) is 4.29. The number of anilines is 3. The molecule has 19 heavy (non-hydrogen) atoms. The molecule has 0 fully saturated rings. The van der Waals surface area contributed by atoms with Gasteiger partial charge in [-0.15, -0.1) is 0 Å². The van der Waals surface area contributed by atoms with Crippen molar-refractivity contribution in [1.82, 2.24) is 4.98 Å². The Labute approximate surface area is 112 Å². The van der Waals surface area contributed by atoms with Crippen LogP contribution in [0.1, 0.15) is 11.1 Å². The monoisotopic (exact) mass is 258 g/mol. The Morgan fingerprint density at radius 2 is 2.05 bits per heavy atom. The Morgan fingerprint density at radius 1 is 1.26 bits per heavy atom. The maximum absolute atomic E-state index is 5.91. The van der Waals surface area contributed by atoms with Crippen molar-refractivity contribution in [2.24, 2.45) is 5.73 Å². The van der Waals surface area contributed by atoms with Crippen molar-refractivity contribution >= 4 is 17.2 Å². The molecule has 0 aliphatic carbocycles. The Hall–Kier alpha value is -2.27. The van der Waals surface area contributed by atoms with Crippen LogP contribution in [-0.4, -0.2) is 12.1 Å². The second-order valence-corrected chi connectivity index (χ2v) is 4.21. The van der Waals surface area contributed by atoms with Gasteiger partial charge in [0.1, 0.15) is 0 Å². The Kier molecular flexibility index (Phi) is 3.87. The highest BCUT2D eigenvalue weighted by Gasteiger charge is 2.07. The molecule has 5 heteroatoms. The lowest BCUT2D eigenvalue weighted by Crippen LogP contribution is -2.04. The summed E-state index contributed by atoms with van der Waals surface area (Å²) in [5, 5.41) is 3.22. The first-order chi connectivity index (χ1) is 9.15. The fourth-order valence-electron chi connectivity index (χ4n) is 1.83. The van der Waals surface area contributed by atoms with Gasteiger partial charge in [0, 0.05) is 18.3 Å². The molecule has 5 N–H and O–H groups in total. The quantitative estimate of drug-likeness (QED) is 0.782. The summed E-state index contributed by atoms with van der Waals surface area (Å²) >= 11 is 0. The standard InChI is InChI=1S/C14H18N4O/c1-9-10(8-15)4-3-5-12(9)17-14-11(16)6-7-13(18-14)19-2/h3-7H,8,15-16H2,1-2H3,(H,17,18). The van der Waals surface area contributed by atoms with Gasteiger partial charge < -0.3 is 21.5 Å². The van der Waals surface area contributed by atoms with Gasteiger partial charge >= 0.3 is 0 Å². The zero-order valence-corrected chi connectivity index (χ0v) is 11.1. The van der Waals surface area contributed by atoms with E-state index in [1.165, 1.54) is 0 Å². The number of nitrogens with one attached hydrogen (secondary N) is 1. The first-order valence-electron chi connectivity index (χ1n) is 6.01. The van der Waals surface area contributed by atoms with Crippen molar-refractivity contribution in [1.29, 1.82) is 0 Å². The minimum absolute atomic E-state index is 0.502. The summed E-state index contributed by atoms with van der Waals surface area (Å²) in [5.74, 6) is 1.10. The Bertz CT molecular complexity index is 584. The molecule has 0 amide bonds. The van der Waals surface area contributed by atoms with Crippen LogP contribution in [0.15, 0.2) is 30.3 Å². The number of aromatic nitrogens is 1. The van der Waals surface area contributed by atoms with E-state index >= 15 is 0 Å². The van der Waals surface area contributed by atoms with E-state index < -0.39 is 0 Å². The highest BCUT2D eigenvalue weighted by atomic mass is 16.5. The molecule has 5 nitrogen and oxygen atoms in total. The first-order valence-corrected chi connectivity index (χ1v) is 6.01. The maximum atomic E-state index is 5.91. The molecule has 0 unspecified atom stereocenters. The number of rotatable bonds is 4. The summed E-state index contributed by atoms with van der Waals surface area (Å²) in [5.41, 5.74) is 15.3. The fraction of sp³-hybridized carbons (Fsp3) is 0.214. The lowest BCUT2D eigenvalue weighted by Gasteiger charge is -2.13. The van der Waals surface area contributed by atoms with Gasteiger partial charge in [-0.1, -0.05) is 12.1 Å². The molecule has 0 bridgehead atoms. The summed E-state index contributed by atoms with van der Waals surface area (Å²) in [6.45, 7) is 2.52. The van der Waals surface area contributed by atoms with Crippen molar-refractivity contribution < 1.29 is 4.74 Å². The summed E-state index contributed by atoms with van der Waals surface area (Å²) in [6.07, 6.45) is 0. The van der Waals surface area contributed by atoms with E-state index in [-0.39, 0.29) is 0 Å². The fourth-order valence-corrected chi connectivity index (χ4v) is 1.83. The van der Waals surface area contributed by atoms with Gasteiger partial charge in [-0.3, -0.25) is 0 Å². The second-order valence-electron chi connectivity index (χ2n) is 4.21. The van der Waals surface area contributed by atoms with Crippen LogP contribution >= 0.6 is 0 Å². The largest absolute Gasteiger partial charge is 0.481 e. The molecule has 0 spiro atoms. The van der Waals surface area contributed by atoms with Gasteiger partial charge in [0.25, 0.3) is 0 Å². The third-order valence-electron chi connectivity index (χ3n) is 3.03. The highest BCUT2D eigenvalue weighted by Crippen LogP contribution is 2.26. The molecule has 0 atom stereocenters. The number of nitrogen functional groups attached to an aromatic ring is 1. The number of nitrogens with two attached hydrogens (primary N) is 2. The zero-order chi connectivity index (χ0) is 13.8. The summed E-state index contributed by atoms with van der Waals surface area (Å²) in [7, 11) is 1.57. The van der Waals surface area contributed by atoms with Crippen LogP contribution < -0.4 is 21.5 Å². The third kappa shape index (κ3) is 2.77. The predicted molar refractivity (Wildman–Crippen MR) is 77.6 cm³/mol. The van der Waals surface area contributed by atoms with E-state index in [4.69, 9.17) is 16.2 Å².